The van der Waals surface area contributed by atoms with Gasteiger partial charge in [0.05, 0.1) is 6.61 Å². The number of carboxylic acids is 1. The minimum absolute atomic E-state index is 0.252. The van der Waals surface area contributed by atoms with Crippen LogP contribution in [0.2, 0.25) is 0 Å². The molecular formula is C15H15NO3. The number of aliphatic carboxylic acids is 1. The Labute approximate surface area is 111 Å². The first kappa shape index (κ1) is 13.1. The Morgan fingerprint density at radius 2 is 1.74 bits per heavy atom. The van der Waals surface area contributed by atoms with Crippen LogP contribution in [0.25, 0.3) is 0 Å². The van der Waals surface area contributed by atoms with Crippen LogP contribution < -0.4 is 5.73 Å². The molecule has 0 aliphatic carbocycles. The van der Waals surface area contributed by atoms with Crippen LogP contribution in [0.4, 0.5) is 5.69 Å². The fourth-order valence-electron chi connectivity index (χ4n) is 1.73. The minimum Gasteiger partial charge on any atom is -0.479 e. The Morgan fingerprint density at radius 3 is 2.32 bits per heavy atom. The summed E-state index contributed by atoms with van der Waals surface area (Å²) >= 11 is 0. The van der Waals surface area contributed by atoms with Crippen LogP contribution >= 0.6 is 0 Å². The van der Waals surface area contributed by atoms with Crippen molar-refractivity contribution < 1.29 is 14.6 Å². The van der Waals surface area contributed by atoms with Crippen molar-refractivity contribution in [1.29, 1.82) is 0 Å². The second kappa shape index (κ2) is 6.02. The average Bonchev–Trinajstić information content (AvgIpc) is 2.42. The molecule has 4 heteroatoms. The molecule has 0 aliphatic heterocycles. The first-order valence-corrected chi connectivity index (χ1v) is 5.90. The monoisotopic (exact) mass is 257 g/mol. The highest BCUT2D eigenvalue weighted by Crippen LogP contribution is 2.20. The maximum absolute atomic E-state index is 11.2. The first-order valence-electron chi connectivity index (χ1n) is 5.90. The van der Waals surface area contributed by atoms with E-state index in [1.807, 2.05) is 30.3 Å². The molecule has 0 bridgehead atoms. The molecule has 0 spiro atoms. The van der Waals surface area contributed by atoms with Gasteiger partial charge in [0.1, 0.15) is 0 Å². The van der Waals surface area contributed by atoms with Gasteiger partial charge >= 0.3 is 5.97 Å². The third kappa shape index (κ3) is 3.56. The van der Waals surface area contributed by atoms with Gasteiger partial charge in [-0.15, -0.1) is 0 Å². The molecule has 4 nitrogen and oxygen atoms in total. The van der Waals surface area contributed by atoms with E-state index < -0.39 is 12.1 Å². The molecule has 0 fully saturated rings. The molecule has 19 heavy (non-hydrogen) atoms. The summed E-state index contributed by atoms with van der Waals surface area (Å²) in [4.78, 5) is 11.2. The van der Waals surface area contributed by atoms with E-state index >= 15 is 0 Å². The molecule has 0 amide bonds. The molecule has 3 N–H and O–H groups in total. The van der Waals surface area contributed by atoms with Gasteiger partial charge in [-0.3, -0.25) is 0 Å². The highest BCUT2D eigenvalue weighted by Gasteiger charge is 2.20. The zero-order chi connectivity index (χ0) is 13.7. The molecule has 1 atom stereocenters. The summed E-state index contributed by atoms with van der Waals surface area (Å²) in [6, 6.07) is 16.1. The minimum atomic E-state index is -1.01. The summed E-state index contributed by atoms with van der Waals surface area (Å²) in [6.07, 6.45) is -0.985. The third-order valence-corrected chi connectivity index (χ3v) is 2.72. The predicted octanol–water partition coefficient (Wildman–Crippen LogP) is 2.61. The van der Waals surface area contributed by atoms with E-state index in [1.165, 1.54) is 0 Å². The summed E-state index contributed by atoms with van der Waals surface area (Å²) < 4.78 is 5.48. The standard InChI is InChI=1S/C15H15NO3/c16-13-8-6-12(7-9-13)14(15(17)18)19-10-11-4-2-1-3-5-11/h1-9,14H,10,16H2,(H,17,18). The number of carbonyl (C=O) groups is 1. The van der Waals surface area contributed by atoms with Crippen molar-refractivity contribution in [1.82, 2.24) is 0 Å². The lowest BCUT2D eigenvalue weighted by atomic mass is 10.1. The van der Waals surface area contributed by atoms with Crippen molar-refractivity contribution in [2.24, 2.45) is 0 Å². The fraction of sp³-hybridized carbons (Fsp3) is 0.133. The smallest absolute Gasteiger partial charge is 0.337 e. The number of rotatable bonds is 5. The number of hydrogen-bond donors (Lipinski definition) is 2. The molecule has 1 unspecified atom stereocenters. The van der Waals surface area contributed by atoms with Crippen molar-refractivity contribution in [3.05, 3.63) is 65.7 Å². The van der Waals surface area contributed by atoms with Gasteiger partial charge in [0, 0.05) is 5.69 Å². The van der Waals surface area contributed by atoms with Gasteiger partial charge in [-0.1, -0.05) is 42.5 Å². The van der Waals surface area contributed by atoms with Gasteiger partial charge in [-0.05, 0) is 23.3 Å². The topological polar surface area (TPSA) is 72.5 Å². The highest BCUT2D eigenvalue weighted by molar-refractivity contribution is 5.74. The summed E-state index contributed by atoms with van der Waals surface area (Å²) in [7, 11) is 0. The number of benzene rings is 2. The number of ether oxygens (including phenoxy) is 1. The number of hydrogen-bond acceptors (Lipinski definition) is 3. The first-order chi connectivity index (χ1) is 9.16. The molecule has 2 rings (SSSR count). The van der Waals surface area contributed by atoms with Gasteiger partial charge in [-0.2, -0.15) is 0 Å². The van der Waals surface area contributed by atoms with E-state index in [1.54, 1.807) is 24.3 Å². The normalized spacial score (nSPS) is 12.0. The Kier molecular flexibility index (Phi) is 4.15. The van der Waals surface area contributed by atoms with Crippen molar-refractivity contribution in [3.8, 4) is 0 Å². The number of anilines is 1. The quantitative estimate of drug-likeness (QED) is 0.807. The van der Waals surface area contributed by atoms with E-state index in [0.29, 0.717) is 11.3 Å². The maximum atomic E-state index is 11.2. The van der Waals surface area contributed by atoms with Crippen LogP contribution in [0.1, 0.15) is 17.2 Å². The van der Waals surface area contributed by atoms with Gasteiger partial charge in [0.25, 0.3) is 0 Å². The largest absolute Gasteiger partial charge is 0.479 e. The van der Waals surface area contributed by atoms with Crippen LogP contribution in [-0.2, 0) is 16.1 Å². The molecule has 0 aliphatic rings. The zero-order valence-electron chi connectivity index (χ0n) is 10.3. The molecule has 0 saturated carbocycles. The van der Waals surface area contributed by atoms with Crippen molar-refractivity contribution in [2.45, 2.75) is 12.7 Å². The number of nitrogens with two attached hydrogens (primary N) is 1. The molecule has 0 aromatic heterocycles. The molecule has 0 radical (unpaired) electrons. The Bertz CT molecular complexity index is 537. The Balaban J connectivity index is 2.09. The fourth-order valence-corrected chi connectivity index (χ4v) is 1.73. The molecule has 0 heterocycles. The van der Waals surface area contributed by atoms with Crippen molar-refractivity contribution >= 4 is 11.7 Å². The van der Waals surface area contributed by atoms with Crippen molar-refractivity contribution in [3.63, 3.8) is 0 Å². The van der Waals surface area contributed by atoms with E-state index in [2.05, 4.69) is 0 Å². The molecule has 2 aromatic rings. The van der Waals surface area contributed by atoms with Crippen LogP contribution in [0.3, 0.4) is 0 Å². The van der Waals surface area contributed by atoms with Crippen LogP contribution in [0.5, 0.6) is 0 Å². The molecule has 98 valence electrons. The summed E-state index contributed by atoms with van der Waals surface area (Å²) in [5, 5.41) is 9.22. The number of nitrogen functional groups attached to an aromatic ring is 1. The van der Waals surface area contributed by atoms with E-state index in [9.17, 15) is 9.90 Å². The van der Waals surface area contributed by atoms with E-state index in [-0.39, 0.29) is 6.61 Å². The van der Waals surface area contributed by atoms with Crippen LogP contribution in [0, 0.1) is 0 Å². The SMILES string of the molecule is Nc1ccc(C(OCc2ccccc2)C(=O)O)cc1. The molecule has 0 saturated heterocycles. The van der Waals surface area contributed by atoms with Gasteiger partial charge in [0.15, 0.2) is 6.10 Å². The zero-order valence-corrected chi connectivity index (χ0v) is 10.3. The predicted molar refractivity (Wildman–Crippen MR) is 72.5 cm³/mol. The average molecular weight is 257 g/mol. The number of carboxylic acid groups (broad SMARTS) is 1. The van der Waals surface area contributed by atoms with Crippen LogP contribution in [0.15, 0.2) is 54.6 Å². The highest BCUT2D eigenvalue weighted by atomic mass is 16.5. The Morgan fingerprint density at radius 1 is 1.11 bits per heavy atom. The summed E-state index contributed by atoms with van der Waals surface area (Å²) in [5.41, 5.74) is 7.69. The third-order valence-electron chi connectivity index (χ3n) is 2.72. The lowest BCUT2D eigenvalue weighted by Gasteiger charge is -2.14. The molecule has 2 aromatic carbocycles. The molecular weight excluding hydrogens is 242 g/mol. The van der Waals surface area contributed by atoms with Gasteiger partial charge < -0.3 is 15.6 Å². The maximum Gasteiger partial charge on any atom is 0.337 e. The van der Waals surface area contributed by atoms with Crippen molar-refractivity contribution in [2.75, 3.05) is 5.73 Å². The summed E-state index contributed by atoms with van der Waals surface area (Å²) in [6.45, 7) is 0.252. The van der Waals surface area contributed by atoms with E-state index in [4.69, 9.17) is 10.5 Å². The second-order valence-corrected chi connectivity index (χ2v) is 4.18. The Hall–Kier alpha value is -2.33. The lowest BCUT2D eigenvalue weighted by molar-refractivity contribution is -0.151. The van der Waals surface area contributed by atoms with E-state index in [0.717, 1.165) is 5.56 Å². The van der Waals surface area contributed by atoms with Crippen LogP contribution in [-0.4, -0.2) is 11.1 Å². The summed E-state index contributed by atoms with van der Waals surface area (Å²) in [5.74, 6) is -1.01. The van der Waals surface area contributed by atoms with Gasteiger partial charge in [-0.25, -0.2) is 4.79 Å². The lowest BCUT2D eigenvalue weighted by Crippen LogP contribution is -2.15. The second-order valence-electron chi connectivity index (χ2n) is 4.18. The van der Waals surface area contributed by atoms with Gasteiger partial charge in [0.2, 0.25) is 0 Å².